The number of hydrogen-bond acceptors (Lipinski definition) is 4. The van der Waals surface area contributed by atoms with E-state index in [4.69, 9.17) is 9.47 Å². The van der Waals surface area contributed by atoms with Gasteiger partial charge < -0.3 is 9.47 Å². The van der Waals surface area contributed by atoms with Crippen LogP contribution in [-0.2, 0) is 0 Å². The van der Waals surface area contributed by atoms with Crippen LogP contribution in [-0.4, -0.2) is 24.0 Å². The lowest BCUT2D eigenvalue weighted by atomic mass is 10.1. The summed E-state index contributed by atoms with van der Waals surface area (Å²) in [4.78, 5) is 0. The third kappa shape index (κ3) is 2.74. The molecule has 0 saturated heterocycles. The maximum atomic E-state index is 9.41. The van der Waals surface area contributed by atoms with Crippen LogP contribution in [0.15, 0.2) is 54.7 Å². The number of nitrogens with zero attached hydrogens (tertiary/aromatic N) is 3. The molecule has 0 bridgehead atoms. The van der Waals surface area contributed by atoms with Crippen LogP contribution >= 0.6 is 0 Å². The smallest absolute Gasteiger partial charge is 0.161 e. The van der Waals surface area contributed by atoms with Gasteiger partial charge in [-0.1, -0.05) is 18.2 Å². The highest BCUT2D eigenvalue weighted by Crippen LogP contribution is 2.33. The minimum atomic E-state index is 0.501. The normalized spacial score (nSPS) is 10.1. The van der Waals surface area contributed by atoms with Crippen molar-refractivity contribution in [3.63, 3.8) is 0 Å². The summed E-state index contributed by atoms with van der Waals surface area (Å²) in [6.45, 7) is 0. The van der Waals surface area contributed by atoms with E-state index in [1.807, 2.05) is 42.5 Å². The molecule has 0 atom stereocenters. The van der Waals surface area contributed by atoms with Crippen molar-refractivity contribution in [1.29, 1.82) is 5.26 Å². The first-order chi connectivity index (χ1) is 11.3. The zero-order chi connectivity index (χ0) is 16.2. The van der Waals surface area contributed by atoms with Gasteiger partial charge in [-0.2, -0.15) is 10.4 Å². The van der Waals surface area contributed by atoms with Crippen LogP contribution in [0.2, 0.25) is 0 Å². The Kier molecular flexibility index (Phi) is 3.98. The molecule has 0 unspecified atom stereocenters. The number of methoxy groups -OCH3 is 2. The number of nitriles is 1. The fourth-order valence-electron chi connectivity index (χ4n) is 2.37. The molecule has 0 aliphatic carbocycles. The number of hydrogen-bond donors (Lipinski definition) is 0. The predicted molar refractivity (Wildman–Crippen MR) is 86.8 cm³/mol. The first-order valence-corrected chi connectivity index (χ1v) is 7.04. The molecule has 0 N–H and O–H groups in total. The summed E-state index contributed by atoms with van der Waals surface area (Å²) in [7, 11) is 3.16. The Labute approximate surface area is 134 Å². The lowest BCUT2D eigenvalue weighted by molar-refractivity contribution is 0.355. The van der Waals surface area contributed by atoms with Gasteiger partial charge in [0, 0.05) is 11.8 Å². The highest BCUT2D eigenvalue weighted by atomic mass is 16.5. The number of benzene rings is 2. The predicted octanol–water partition coefficient (Wildman–Crippen LogP) is 3.43. The molecule has 1 heterocycles. The molecule has 0 fully saturated rings. The van der Waals surface area contributed by atoms with Crippen LogP contribution in [0.3, 0.4) is 0 Å². The van der Waals surface area contributed by atoms with E-state index in [0.717, 1.165) is 11.3 Å². The SMILES string of the molecule is COc1ccc(-c2nn(-c3ccccc3)cc2C#N)cc1OC. The van der Waals surface area contributed by atoms with E-state index in [0.29, 0.717) is 22.8 Å². The number of rotatable bonds is 4. The number of ether oxygens (including phenoxy) is 2. The van der Waals surface area contributed by atoms with Gasteiger partial charge in [0.2, 0.25) is 0 Å². The highest BCUT2D eigenvalue weighted by Gasteiger charge is 2.14. The van der Waals surface area contributed by atoms with Crippen molar-refractivity contribution in [2.45, 2.75) is 0 Å². The monoisotopic (exact) mass is 305 g/mol. The van der Waals surface area contributed by atoms with Gasteiger partial charge in [-0.3, -0.25) is 0 Å². The Morgan fingerprint density at radius 2 is 1.74 bits per heavy atom. The fourth-order valence-corrected chi connectivity index (χ4v) is 2.37. The lowest BCUT2D eigenvalue weighted by Crippen LogP contribution is -1.95. The molecule has 0 radical (unpaired) electrons. The minimum Gasteiger partial charge on any atom is -0.493 e. The maximum absolute atomic E-state index is 9.41. The van der Waals surface area contributed by atoms with Crippen molar-refractivity contribution in [1.82, 2.24) is 9.78 Å². The zero-order valence-corrected chi connectivity index (χ0v) is 12.9. The van der Waals surface area contributed by atoms with Crippen molar-refractivity contribution >= 4 is 0 Å². The molecule has 5 nitrogen and oxygen atoms in total. The molecule has 0 aliphatic heterocycles. The van der Waals surface area contributed by atoms with Crippen molar-refractivity contribution in [2.75, 3.05) is 14.2 Å². The van der Waals surface area contributed by atoms with Crippen molar-refractivity contribution in [3.05, 3.63) is 60.3 Å². The van der Waals surface area contributed by atoms with Crippen molar-refractivity contribution in [2.24, 2.45) is 0 Å². The Hall–Kier alpha value is -3.26. The summed E-state index contributed by atoms with van der Waals surface area (Å²) in [6, 6.07) is 17.3. The second-order valence-corrected chi connectivity index (χ2v) is 4.85. The molecule has 5 heteroatoms. The van der Waals surface area contributed by atoms with Crippen LogP contribution < -0.4 is 9.47 Å². The zero-order valence-electron chi connectivity index (χ0n) is 12.9. The van der Waals surface area contributed by atoms with E-state index in [-0.39, 0.29) is 0 Å². The van der Waals surface area contributed by atoms with Gasteiger partial charge in [0.25, 0.3) is 0 Å². The number of aromatic nitrogens is 2. The summed E-state index contributed by atoms with van der Waals surface area (Å²) < 4.78 is 12.3. The first kappa shape index (κ1) is 14.7. The first-order valence-electron chi connectivity index (χ1n) is 7.04. The van der Waals surface area contributed by atoms with Crippen LogP contribution in [0.4, 0.5) is 0 Å². The van der Waals surface area contributed by atoms with Crippen LogP contribution in [0.5, 0.6) is 11.5 Å². The van der Waals surface area contributed by atoms with E-state index >= 15 is 0 Å². The van der Waals surface area contributed by atoms with Gasteiger partial charge in [-0.15, -0.1) is 0 Å². The molecular formula is C18H15N3O2. The van der Waals surface area contributed by atoms with Crippen LogP contribution in [0, 0.1) is 11.3 Å². The van der Waals surface area contributed by atoms with Crippen molar-refractivity contribution < 1.29 is 9.47 Å². The molecule has 3 aromatic rings. The van der Waals surface area contributed by atoms with E-state index in [1.54, 1.807) is 31.2 Å². The molecule has 0 amide bonds. The topological polar surface area (TPSA) is 60.1 Å². The van der Waals surface area contributed by atoms with Gasteiger partial charge in [0.15, 0.2) is 11.5 Å². The molecular weight excluding hydrogens is 290 g/mol. The summed E-state index contributed by atoms with van der Waals surface area (Å²) >= 11 is 0. The molecule has 0 aliphatic rings. The quantitative estimate of drug-likeness (QED) is 0.741. The average molecular weight is 305 g/mol. The second kappa shape index (κ2) is 6.24. The third-order valence-corrected chi connectivity index (χ3v) is 3.51. The van der Waals surface area contributed by atoms with Crippen LogP contribution in [0.1, 0.15) is 5.56 Å². The standard InChI is InChI=1S/C18H15N3O2/c1-22-16-9-8-13(10-17(16)23-2)18-14(11-19)12-21(20-18)15-6-4-3-5-7-15/h3-10,12H,1-2H3. The Morgan fingerprint density at radius 3 is 2.39 bits per heavy atom. The molecule has 0 saturated carbocycles. The molecule has 3 rings (SSSR count). The summed E-state index contributed by atoms with van der Waals surface area (Å²) in [5.74, 6) is 1.24. The number of para-hydroxylation sites is 1. The van der Waals surface area contributed by atoms with E-state index in [9.17, 15) is 5.26 Å². The Morgan fingerprint density at radius 1 is 1.00 bits per heavy atom. The molecule has 0 spiro atoms. The second-order valence-electron chi connectivity index (χ2n) is 4.85. The van der Waals surface area contributed by atoms with Gasteiger partial charge in [0.1, 0.15) is 11.8 Å². The fraction of sp³-hybridized carbons (Fsp3) is 0.111. The molecule has 2 aromatic carbocycles. The Balaban J connectivity index is 2.10. The maximum Gasteiger partial charge on any atom is 0.161 e. The summed E-state index contributed by atoms with van der Waals surface area (Å²) in [6.07, 6.45) is 1.72. The third-order valence-electron chi connectivity index (χ3n) is 3.51. The van der Waals surface area contributed by atoms with Crippen LogP contribution in [0.25, 0.3) is 16.9 Å². The molecule has 23 heavy (non-hydrogen) atoms. The van der Waals surface area contributed by atoms with Gasteiger partial charge in [-0.05, 0) is 30.3 Å². The average Bonchev–Trinajstić information content (AvgIpc) is 3.06. The van der Waals surface area contributed by atoms with Gasteiger partial charge >= 0.3 is 0 Å². The Bertz CT molecular complexity index is 864. The summed E-state index contributed by atoms with van der Waals surface area (Å²) in [5, 5.41) is 14.0. The van der Waals surface area contributed by atoms with Gasteiger partial charge in [0.05, 0.1) is 25.5 Å². The summed E-state index contributed by atoms with van der Waals surface area (Å²) in [5.41, 5.74) is 2.81. The van der Waals surface area contributed by atoms with E-state index < -0.39 is 0 Å². The highest BCUT2D eigenvalue weighted by molar-refractivity contribution is 5.69. The molecule has 114 valence electrons. The van der Waals surface area contributed by atoms with Crippen molar-refractivity contribution in [3.8, 4) is 34.5 Å². The van der Waals surface area contributed by atoms with E-state index in [1.165, 1.54) is 0 Å². The minimum absolute atomic E-state index is 0.501. The van der Waals surface area contributed by atoms with Gasteiger partial charge in [-0.25, -0.2) is 4.68 Å². The van der Waals surface area contributed by atoms with E-state index in [2.05, 4.69) is 11.2 Å². The largest absolute Gasteiger partial charge is 0.493 e. The lowest BCUT2D eigenvalue weighted by Gasteiger charge is -2.08. The molecule has 1 aromatic heterocycles.